The molecule has 0 spiro atoms. The van der Waals surface area contributed by atoms with Gasteiger partial charge in [0.1, 0.15) is 0 Å². The van der Waals surface area contributed by atoms with Crippen molar-refractivity contribution in [3.05, 3.63) is 91.9 Å². The fourth-order valence-electron chi connectivity index (χ4n) is 6.07. The third-order valence-corrected chi connectivity index (χ3v) is 11.0. The van der Waals surface area contributed by atoms with Crippen LogP contribution in [0.1, 0.15) is 57.7 Å². The Balaban J connectivity index is 1.46. The van der Waals surface area contributed by atoms with Gasteiger partial charge in [0.05, 0.1) is 44.2 Å². The van der Waals surface area contributed by atoms with E-state index in [0.29, 0.717) is 33.4 Å². The Morgan fingerprint density at radius 2 is 1.72 bits per heavy atom. The van der Waals surface area contributed by atoms with Crippen LogP contribution < -0.4 is 5.43 Å². The molecule has 2 aliphatic heterocycles. The molecule has 19 heteroatoms. The summed E-state index contributed by atoms with van der Waals surface area (Å²) >= 11 is 11.1. The first-order chi connectivity index (χ1) is 25.1. The summed E-state index contributed by atoms with van der Waals surface area (Å²) in [6.45, 7) is -0.0887. The van der Waals surface area contributed by atoms with Crippen molar-refractivity contribution in [1.29, 1.82) is 0 Å². The number of carbonyl (C=O) groups excluding carboxylic acids is 1. The summed E-state index contributed by atoms with van der Waals surface area (Å²) in [7, 11) is 0. The van der Waals surface area contributed by atoms with Crippen LogP contribution >= 0.6 is 34.5 Å². The molecule has 2 saturated heterocycles. The molecule has 282 valence electrons. The summed E-state index contributed by atoms with van der Waals surface area (Å²) in [6.07, 6.45) is -6.65. The summed E-state index contributed by atoms with van der Waals surface area (Å²) in [6, 6.07) is 12.2. The molecule has 6 rings (SSSR count). The lowest BCUT2D eigenvalue weighted by Gasteiger charge is -2.29. The summed E-state index contributed by atoms with van der Waals surface area (Å²) in [5.74, 6) is 3.39. The van der Waals surface area contributed by atoms with Crippen LogP contribution in [-0.2, 0) is 24.0 Å². The number of halogens is 8. The van der Waals surface area contributed by atoms with Gasteiger partial charge in [0, 0.05) is 42.3 Å². The van der Waals surface area contributed by atoms with Gasteiger partial charge in [-0.25, -0.2) is 18.9 Å². The quantitative estimate of drug-likeness (QED) is 0.106. The number of hydrogen-bond acceptors (Lipinski definition) is 6. The smallest absolute Gasteiger partial charge is 0.293 e. The molecule has 4 heterocycles. The van der Waals surface area contributed by atoms with E-state index in [-0.39, 0.29) is 40.6 Å². The third-order valence-electron chi connectivity index (χ3n) is 8.75. The Labute approximate surface area is 316 Å². The Bertz CT molecular complexity index is 2060. The summed E-state index contributed by atoms with van der Waals surface area (Å²) in [5, 5.41) is 7.99. The maximum Gasteiger partial charge on any atom is 0.416 e. The van der Waals surface area contributed by atoms with E-state index in [1.807, 2.05) is 0 Å². The fourth-order valence-corrected chi connectivity index (χ4v) is 8.07. The number of hydrogen-bond donors (Lipinski definition) is 2. The number of piperidine rings is 1. The Morgan fingerprint density at radius 1 is 1.00 bits per heavy atom. The van der Waals surface area contributed by atoms with Crippen molar-refractivity contribution >= 4 is 51.7 Å². The lowest BCUT2D eigenvalue weighted by molar-refractivity contribution is -0.172. The molecule has 2 unspecified atom stereocenters. The van der Waals surface area contributed by atoms with Gasteiger partial charge in [0.2, 0.25) is 11.3 Å². The van der Waals surface area contributed by atoms with Crippen LogP contribution in [0.25, 0.3) is 16.3 Å². The second-order valence-electron chi connectivity index (χ2n) is 12.3. The van der Waals surface area contributed by atoms with E-state index in [0.717, 1.165) is 52.2 Å². The normalized spacial score (nSPS) is 17.9. The number of carbonyl (C=O) groups is 1. The molecule has 0 radical (unpaired) electrons. The Kier molecular flexibility index (Phi) is 11.9. The SMILES string of the molecule is O=C(NN1CCCCC1)c1nn(-c2ccc(Cl)cc2Cl)c(-c2ccc(C#Cc3ccc(C(F)(F)F)cc3)s2)c1CN(N1CCC(C(F)(F)F)C1)S(=O)O. The summed E-state index contributed by atoms with van der Waals surface area (Å²) in [4.78, 5) is 14.9. The van der Waals surface area contributed by atoms with Gasteiger partial charge in [0.25, 0.3) is 5.91 Å². The molecule has 2 aromatic heterocycles. The van der Waals surface area contributed by atoms with Gasteiger partial charge >= 0.3 is 12.4 Å². The molecule has 2 N–H and O–H groups in total. The molecule has 2 atom stereocenters. The number of hydrazine groups is 2. The van der Waals surface area contributed by atoms with E-state index in [9.17, 15) is 39.9 Å². The van der Waals surface area contributed by atoms with Crippen LogP contribution in [0.15, 0.2) is 54.6 Å². The second kappa shape index (κ2) is 16.1. The Hall–Kier alpha value is -3.47. The molecule has 0 bridgehead atoms. The van der Waals surface area contributed by atoms with E-state index in [4.69, 9.17) is 23.2 Å². The topological polar surface area (TPSA) is 93.9 Å². The molecule has 4 aromatic rings. The van der Waals surface area contributed by atoms with Crippen LogP contribution in [0.4, 0.5) is 26.3 Å². The van der Waals surface area contributed by atoms with Crippen LogP contribution in [0.2, 0.25) is 10.0 Å². The van der Waals surface area contributed by atoms with E-state index in [1.54, 1.807) is 29.3 Å². The van der Waals surface area contributed by atoms with Gasteiger partial charge in [-0.15, -0.1) is 15.8 Å². The zero-order chi connectivity index (χ0) is 38.1. The van der Waals surface area contributed by atoms with Crippen molar-refractivity contribution in [3.63, 3.8) is 0 Å². The number of alkyl halides is 6. The average molecular weight is 820 g/mol. The predicted octanol–water partition coefficient (Wildman–Crippen LogP) is 8.19. The largest absolute Gasteiger partial charge is 0.416 e. The highest BCUT2D eigenvalue weighted by Gasteiger charge is 2.46. The number of thiophene rings is 1. The number of aromatic nitrogens is 2. The van der Waals surface area contributed by atoms with Crippen molar-refractivity contribution in [2.24, 2.45) is 5.92 Å². The minimum Gasteiger partial charge on any atom is -0.293 e. The van der Waals surface area contributed by atoms with Crippen molar-refractivity contribution in [1.82, 2.24) is 29.6 Å². The van der Waals surface area contributed by atoms with Crippen LogP contribution in [-0.4, -0.2) is 71.2 Å². The van der Waals surface area contributed by atoms with E-state index in [2.05, 4.69) is 22.4 Å². The lowest BCUT2D eigenvalue weighted by Crippen LogP contribution is -2.46. The van der Waals surface area contributed by atoms with Crippen molar-refractivity contribution < 1.29 is 39.9 Å². The van der Waals surface area contributed by atoms with Crippen LogP contribution in [0.3, 0.4) is 0 Å². The van der Waals surface area contributed by atoms with Gasteiger partial charge in [-0.3, -0.25) is 14.8 Å². The zero-order valence-corrected chi connectivity index (χ0v) is 30.6. The van der Waals surface area contributed by atoms with Gasteiger partial charge in [0.15, 0.2) is 5.69 Å². The lowest BCUT2D eigenvalue weighted by atomic mass is 10.1. The first-order valence-electron chi connectivity index (χ1n) is 16.2. The van der Waals surface area contributed by atoms with Crippen molar-refractivity contribution in [3.8, 4) is 28.1 Å². The number of nitrogens with zero attached hydrogens (tertiary/aromatic N) is 5. The standard InChI is InChI=1S/C34H30Cl2F6N6O3S2/c35-24-9-12-28(27(36)18-24)48-31(29-13-11-25(52-29)10-6-21-4-7-22(8-5-21)33(37,38)39)26(30(43-48)32(49)44-45-15-2-1-3-16-45)20-47(53(50)51)46-17-14-23(19-46)34(40,41)42/h4-5,7-9,11-13,18,23H,1-3,14-17,19-20H2,(H,44,49)(H,50,51). The van der Waals surface area contributed by atoms with Crippen molar-refractivity contribution in [2.45, 2.75) is 44.6 Å². The molecule has 0 saturated carbocycles. The number of nitrogens with one attached hydrogen (secondary N) is 1. The van der Waals surface area contributed by atoms with Gasteiger partial charge in [-0.05, 0) is 73.9 Å². The monoisotopic (exact) mass is 818 g/mol. The highest BCUT2D eigenvalue weighted by atomic mass is 35.5. The molecule has 0 aliphatic carbocycles. The molecule has 2 aromatic carbocycles. The number of benzene rings is 2. The minimum absolute atomic E-state index is 0.118. The average Bonchev–Trinajstić information content (AvgIpc) is 3.85. The summed E-state index contributed by atoms with van der Waals surface area (Å²) < 4.78 is 106. The van der Waals surface area contributed by atoms with Crippen LogP contribution in [0, 0.1) is 17.8 Å². The zero-order valence-electron chi connectivity index (χ0n) is 27.5. The molecule has 9 nitrogen and oxygen atoms in total. The highest BCUT2D eigenvalue weighted by molar-refractivity contribution is 7.76. The fraction of sp³-hybridized carbons (Fsp3) is 0.353. The van der Waals surface area contributed by atoms with E-state index < -0.39 is 54.1 Å². The predicted molar refractivity (Wildman–Crippen MR) is 189 cm³/mol. The van der Waals surface area contributed by atoms with Gasteiger partial charge in [-0.2, -0.15) is 31.4 Å². The van der Waals surface area contributed by atoms with Crippen molar-refractivity contribution in [2.75, 3.05) is 26.2 Å². The molecule has 1 amide bonds. The first-order valence-corrected chi connectivity index (χ1v) is 18.8. The van der Waals surface area contributed by atoms with E-state index >= 15 is 0 Å². The van der Waals surface area contributed by atoms with Gasteiger partial charge < -0.3 is 0 Å². The van der Waals surface area contributed by atoms with E-state index in [1.165, 1.54) is 22.9 Å². The third kappa shape index (κ3) is 9.26. The number of amides is 1. The summed E-state index contributed by atoms with van der Waals surface area (Å²) in [5.41, 5.74) is 2.85. The molecular formula is C34H30Cl2F6N6O3S2. The molecular weight excluding hydrogens is 789 g/mol. The minimum atomic E-state index is -4.52. The maximum atomic E-state index is 14.0. The molecule has 2 aliphatic rings. The van der Waals surface area contributed by atoms with Crippen LogP contribution in [0.5, 0.6) is 0 Å². The Morgan fingerprint density at radius 3 is 2.34 bits per heavy atom. The highest BCUT2D eigenvalue weighted by Crippen LogP contribution is 2.39. The van der Waals surface area contributed by atoms with Gasteiger partial charge in [-0.1, -0.05) is 41.5 Å². The second-order valence-corrected chi connectivity index (χ2v) is 15.2. The molecule has 53 heavy (non-hydrogen) atoms. The first kappa shape index (κ1) is 39.2. The molecule has 2 fully saturated rings. The number of rotatable bonds is 8. The maximum absolute atomic E-state index is 14.0.